The molecule has 0 aromatic rings. The van der Waals surface area contributed by atoms with Crippen LogP contribution in [0.5, 0.6) is 0 Å². The van der Waals surface area contributed by atoms with Crippen LogP contribution in [0.15, 0.2) is 22.6 Å². The Kier molecular flexibility index (Phi) is 5.60. The van der Waals surface area contributed by atoms with E-state index in [9.17, 15) is 8.42 Å². The Balaban J connectivity index is 2.99. The SMILES string of the molecule is C/C(=C\C=C(/C1CCCCC1)S(C)(=O)=O)[C@H](C)N. The topological polar surface area (TPSA) is 60.2 Å². The standard InChI is InChI=1S/C14H25NO2S/c1-11(12(2)15)9-10-14(18(3,16)17)13-7-5-4-6-8-13/h9-10,12-13H,4-8,15H2,1-3H3/b11-9+,14-10+/t12-/m0/s1. The zero-order chi connectivity index (χ0) is 13.8. The molecule has 104 valence electrons. The monoisotopic (exact) mass is 271 g/mol. The van der Waals surface area contributed by atoms with Crippen LogP contribution in [0.2, 0.25) is 0 Å². The van der Waals surface area contributed by atoms with Crippen molar-refractivity contribution in [2.24, 2.45) is 11.7 Å². The minimum absolute atomic E-state index is 0.0339. The molecule has 1 saturated carbocycles. The van der Waals surface area contributed by atoms with E-state index in [2.05, 4.69) is 0 Å². The van der Waals surface area contributed by atoms with Crippen LogP contribution in [0.25, 0.3) is 0 Å². The fraction of sp³-hybridized carbons (Fsp3) is 0.714. The second kappa shape index (κ2) is 6.53. The number of sulfone groups is 1. The average molecular weight is 271 g/mol. The van der Waals surface area contributed by atoms with Gasteiger partial charge in [0.15, 0.2) is 9.84 Å². The summed E-state index contributed by atoms with van der Waals surface area (Å²) in [7, 11) is -3.11. The molecule has 1 rings (SSSR count). The molecule has 3 nitrogen and oxygen atoms in total. The van der Waals surface area contributed by atoms with Gasteiger partial charge in [0.25, 0.3) is 0 Å². The van der Waals surface area contributed by atoms with Crippen LogP contribution in [0.1, 0.15) is 46.0 Å². The second-order valence-electron chi connectivity index (χ2n) is 5.38. The van der Waals surface area contributed by atoms with Crippen LogP contribution in [-0.4, -0.2) is 20.7 Å². The highest BCUT2D eigenvalue weighted by atomic mass is 32.2. The van der Waals surface area contributed by atoms with Crippen LogP contribution in [0.4, 0.5) is 0 Å². The zero-order valence-corrected chi connectivity index (χ0v) is 12.5. The summed E-state index contributed by atoms with van der Waals surface area (Å²) in [6, 6.07) is -0.0339. The van der Waals surface area contributed by atoms with E-state index in [4.69, 9.17) is 5.73 Å². The molecule has 1 fully saturated rings. The van der Waals surface area contributed by atoms with E-state index in [0.717, 1.165) is 31.3 Å². The Labute approximate surface area is 111 Å². The molecular formula is C14H25NO2S. The summed E-state index contributed by atoms with van der Waals surface area (Å²) in [5, 5.41) is 0. The molecule has 0 amide bonds. The van der Waals surface area contributed by atoms with Crippen LogP contribution in [0.3, 0.4) is 0 Å². The normalized spacial score (nSPS) is 22.0. The molecular weight excluding hydrogens is 246 g/mol. The number of allylic oxidation sites excluding steroid dienone is 3. The summed E-state index contributed by atoms with van der Waals surface area (Å²) in [5.41, 5.74) is 6.77. The highest BCUT2D eigenvalue weighted by Crippen LogP contribution is 2.32. The van der Waals surface area contributed by atoms with Gasteiger partial charge in [0, 0.05) is 17.2 Å². The second-order valence-corrected chi connectivity index (χ2v) is 7.39. The molecule has 0 spiro atoms. The van der Waals surface area contributed by atoms with Gasteiger partial charge in [0.05, 0.1) is 0 Å². The highest BCUT2D eigenvalue weighted by molar-refractivity contribution is 7.94. The largest absolute Gasteiger partial charge is 0.324 e. The van der Waals surface area contributed by atoms with Gasteiger partial charge in [-0.3, -0.25) is 0 Å². The van der Waals surface area contributed by atoms with Crippen molar-refractivity contribution in [1.82, 2.24) is 0 Å². The molecule has 1 atom stereocenters. The van der Waals surface area contributed by atoms with E-state index in [1.54, 1.807) is 6.08 Å². The number of hydrogen-bond acceptors (Lipinski definition) is 3. The number of nitrogens with two attached hydrogens (primary N) is 1. The molecule has 0 aromatic heterocycles. The van der Waals surface area contributed by atoms with Gasteiger partial charge in [-0.1, -0.05) is 30.9 Å². The van der Waals surface area contributed by atoms with Crippen molar-refractivity contribution >= 4 is 9.84 Å². The van der Waals surface area contributed by atoms with E-state index < -0.39 is 9.84 Å². The summed E-state index contributed by atoms with van der Waals surface area (Å²) in [6.45, 7) is 3.84. The minimum atomic E-state index is -3.11. The molecule has 18 heavy (non-hydrogen) atoms. The van der Waals surface area contributed by atoms with Crippen molar-refractivity contribution in [3.8, 4) is 0 Å². The molecule has 0 aliphatic heterocycles. The lowest BCUT2D eigenvalue weighted by molar-refractivity contribution is 0.411. The van der Waals surface area contributed by atoms with Gasteiger partial charge in [-0.15, -0.1) is 0 Å². The molecule has 2 N–H and O–H groups in total. The maximum absolute atomic E-state index is 11.9. The van der Waals surface area contributed by atoms with Crippen molar-refractivity contribution in [3.63, 3.8) is 0 Å². The third-order valence-electron chi connectivity index (χ3n) is 3.66. The summed E-state index contributed by atoms with van der Waals surface area (Å²) >= 11 is 0. The van der Waals surface area contributed by atoms with Crippen molar-refractivity contribution < 1.29 is 8.42 Å². The molecule has 0 unspecified atom stereocenters. The van der Waals surface area contributed by atoms with E-state index in [1.807, 2.05) is 19.9 Å². The highest BCUT2D eigenvalue weighted by Gasteiger charge is 2.24. The summed E-state index contributed by atoms with van der Waals surface area (Å²) in [4.78, 5) is 0.585. The van der Waals surface area contributed by atoms with E-state index in [0.29, 0.717) is 4.91 Å². The molecule has 0 heterocycles. The lowest BCUT2D eigenvalue weighted by atomic mass is 9.88. The smallest absolute Gasteiger partial charge is 0.171 e. The van der Waals surface area contributed by atoms with Gasteiger partial charge < -0.3 is 5.73 Å². The van der Waals surface area contributed by atoms with Crippen LogP contribution < -0.4 is 5.73 Å². The van der Waals surface area contributed by atoms with Gasteiger partial charge in [-0.25, -0.2) is 8.42 Å². The predicted molar refractivity (Wildman–Crippen MR) is 76.9 cm³/mol. The molecule has 0 aromatic carbocycles. The maximum Gasteiger partial charge on any atom is 0.171 e. The molecule has 4 heteroatoms. The van der Waals surface area contributed by atoms with Gasteiger partial charge in [0.1, 0.15) is 0 Å². The van der Waals surface area contributed by atoms with E-state index in [-0.39, 0.29) is 12.0 Å². The van der Waals surface area contributed by atoms with Gasteiger partial charge >= 0.3 is 0 Å². The van der Waals surface area contributed by atoms with Crippen LogP contribution in [0, 0.1) is 5.92 Å². The first-order valence-corrected chi connectivity index (χ1v) is 8.55. The third kappa shape index (κ3) is 4.58. The van der Waals surface area contributed by atoms with Gasteiger partial charge in [0.2, 0.25) is 0 Å². The molecule has 0 saturated heterocycles. The zero-order valence-electron chi connectivity index (χ0n) is 11.6. The quantitative estimate of drug-likeness (QED) is 0.800. The predicted octanol–water partition coefficient (Wildman–Crippen LogP) is 2.79. The summed E-state index contributed by atoms with van der Waals surface area (Å²) in [5.74, 6) is 0.200. The Bertz CT molecular complexity index is 427. The first-order valence-electron chi connectivity index (χ1n) is 6.66. The maximum atomic E-state index is 11.9. The van der Waals surface area contributed by atoms with Gasteiger partial charge in [-0.05, 0) is 38.7 Å². The minimum Gasteiger partial charge on any atom is -0.324 e. The number of rotatable bonds is 4. The molecule has 0 radical (unpaired) electrons. The Morgan fingerprint density at radius 2 is 1.78 bits per heavy atom. The average Bonchev–Trinajstić information content (AvgIpc) is 2.28. The van der Waals surface area contributed by atoms with Crippen molar-refractivity contribution in [2.45, 2.75) is 52.0 Å². The van der Waals surface area contributed by atoms with Gasteiger partial charge in [-0.2, -0.15) is 0 Å². The Morgan fingerprint density at radius 1 is 1.22 bits per heavy atom. The van der Waals surface area contributed by atoms with Crippen molar-refractivity contribution in [3.05, 3.63) is 22.6 Å². The fourth-order valence-corrected chi connectivity index (χ4v) is 3.47. The number of hydrogen-bond donors (Lipinski definition) is 1. The molecule has 0 bridgehead atoms. The van der Waals surface area contributed by atoms with E-state index in [1.165, 1.54) is 12.7 Å². The fourth-order valence-electron chi connectivity index (χ4n) is 2.31. The van der Waals surface area contributed by atoms with Crippen LogP contribution >= 0.6 is 0 Å². The lowest BCUT2D eigenvalue weighted by Gasteiger charge is -2.23. The first kappa shape index (κ1) is 15.4. The van der Waals surface area contributed by atoms with Crippen molar-refractivity contribution in [2.75, 3.05) is 6.26 Å². The molecule has 1 aliphatic rings. The van der Waals surface area contributed by atoms with Crippen LogP contribution in [-0.2, 0) is 9.84 Å². The van der Waals surface area contributed by atoms with E-state index >= 15 is 0 Å². The Hall–Kier alpha value is -0.610. The first-order chi connectivity index (χ1) is 8.32. The van der Waals surface area contributed by atoms with Crippen molar-refractivity contribution in [1.29, 1.82) is 0 Å². The lowest BCUT2D eigenvalue weighted by Crippen LogP contribution is -2.17. The Morgan fingerprint density at radius 3 is 2.22 bits per heavy atom. The summed E-state index contributed by atoms with van der Waals surface area (Å²) in [6.07, 6.45) is 10.4. The third-order valence-corrected chi connectivity index (χ3v) is 4.99. The summed E-state index contributed by atoms with van der Waals surface area (Å²) < 4.78 is 23.8. The molecule has 1 aliphatic carbocycles.